The van der Waals surface area contributed by atoms with E-state index >= 15 is 0 Å². The van der Waals surface area contributed by atoms with E-state index in [-0.39, 0.29) is 0 Å². The van der Waals surface area contributed by atoms with E-state index in [1.807, 2.05) is 61.5 Å². The van der Waals surface area contributed by atoms with E-state index in [9.17, 15) is 9.59 Å². The molecule has 0 spiro atoms. The molecule has 1 amide bonds. The van der Waals surface area contributed by atoms with E-state index in [1.54, 1.807) is 12.0 Å². The Balaban J connectivity index is 1.89. The van der Waals surface area contributed by atoms with Crippen LogP contribution in [0.2, 0.25) is 0 Å². The first kappa shape index (κ1) is 17.9. The van der Waals surface area contributed by atoms with Gasteiger partial charge in [0, 0.05) is 36.8 Å². The fourth-order valence-corrected chi connectivity index (χ4v) is 3.08. The molecule has 0 aliphatic heterocycles. The zero-order valence-corrected chi connectivity index (χ0v) is 15.0. The third-order valence-corrected chi connectivity index (χ3v) is 4.38. The number of aromatic nitrogens is 1. The zero-order chi connectivity index (χ0) is 18.5. The molecule has 0 radical (unpaired) electrons. The number of nitrogens with zero attached hydrogens (tertiary/aromatic N) is 1. The van der Waals surface area contributed by atoms with Crippen molar-refractivity contribution in [2.24, 2.45) is 0 Å². The molecule has 0 saturated carbocycles. The average Bonchev–Trinajstić information content (AvgIpc) is 3.00. The van der Waals surface area contributed by atoms with Crippen molar-refractivity contribution in [3.63, 3.8) is 0 Å². The monoisotopic (exact) mass is 350 g/mol. The minimum absolute atomic E-state index is 0.359. The number of carbonyl (C=O) groups excluding carboxylic acids is 2. The highest BCUT2D eigenvalue weighted by Crippen LogP contribution is 2.23. The number of fused-ring (bicyclic) bond motifs is 1. The van der Waals surface area contributed by atoms with Crippen molar-refractivity contribution in [3.05, 3.63) is 71.4 Å². The molecule has 1 N–H and O–H groups in total. The van der Waals surface area contributed by atoms with Crippen LogP contribution in [0.25, 0.3) is 10.9 Å². The number of hydrogen-bond acceptors (Lipinski definition) is 3. The number of para-hydroxylation sites is 1. The maximum Gasteiger partial charge on any atom is 0.295 e. The lowest BCUT2D eigenvalue weighted by molar-refractivity contribution is -0.127. The lowest BCUT2D eigenvalue weighted by atomic mass is 10.1. The van der Waals surface area contributed by atoms with Gasteiger partial charge in [0.2, 0.25) is 0 Å². The Labute approximate surface area is 152 Å². The quantitative estimate of drug-likeness (QED) is 0.525. The lowest BCUT2D eigenvalue weighted by Crippen LogP contribution is -2.38. The van der Waals surface area contributed by atoms with Crippen LogP contribution in [-0.2, 0) is 16.1 Å². The van der Waals surface area contributed by atoms with Gasteiger partial charge in [-0.2, -0.15) is 0 Å². The summed E-state index contributed by atoms with van der Waals surface area (Å²) < 4.78 is 5.11. The second-order valence-corrected chi connectivity index (χ2v) is 6.20. The van der Waals surface area contributed by atoms with E-state index in [1.165, 1.54) is 0 Å². The molecule has 0 aliphatic carbocycles. The van der Waals surface area contributed by atoms with Gasteiger partial charge < -0.3 is 14.6 Å². The van der Waals surface area contributed by atoms with Crippen molar-refractivity contribution in [2.45, 2.75) is 13.5 Å². The third-order valence-electron chi connectivity index (χ3n) is 4.38. The Morgan fingerprint density at radius 1 is 1.04 bits per heavy atom. The van der Waals surface area contributed by atoms with Gasteiger partial charge in [-0.25, -0.2) is 0 Å². The van der Waals surface area contributed by atoms with Crippen molar-refractivity contribution in [1.29, 1.82) is 0 Å². The van der Waals surface area contributed by atoms with Gasteiger partial charge in [0.25, 0.3) is 11.7 Å². The summed E-state index contributed by atoms with van der Waals surface area (Å²) in [7, 11) is 1.58. The molecule has 134 valence electrons. The van der Waals surface area contributed by atoms with E-state index in [0.29, 0.717) is 31.0 Å². The number of aryl methyl sites for hydroxylation is 1. The molecule has 3 aromatic rings. The van der Waals surface area contributed by atoms with Crippen molar-refractivity contribution in [2.75, 3.05) is 20.3 Å². The van der Waals surface area contributed by atoms with Crippen molar-refractivity contribution >= 4 is 22.6 Å². The summed E-state index contributed by atoms with van der Waals surface area (Å²) in [6.07, 6.45) is 0. The number of Topliss-reactive ketones (excluding diaryl/α,β-unsaturated/α-hetero) is 1. The van der Waals surface area contributed by atoms with E-state index in [2.05, 4.69) is 4.98 Å². The number of carbonyl (C=O) groups is 2. The number of aromatic amines is 1. The van der Waals surface area contributed by atoms with Crippen LogP contribution in [0, 0.1) is 6.92 Å². The van der Waals surface area contributed by atoms with Crippen LogP contribution < -0.4 is 0 Å². The molecular formula is C21H22N2O3. The molecule has 5 heteroatoms. The molecule has 0 bridgehead atoms. The molecule has 0 atom stereocenters. The molecule has 3 rings (SSSR count). The maximum atomic E-state index is 13.0. The first-order valence-electron chi connectivity index (χ1n) is 8.55. The van der Waals surface area contributed by atoms with Gasteiger partial charge in [-0.3, -0.25) is 9.59 Å². The van der Waals surface area contributed by atoms with Gasteiger partial charge in [-0.15, -0.1) is 0 Å². The Kier molecular flexibility index (Phi) is 5.49. The largest absolute Gasteiger partial charge is 0.383 e. The number of methoxy groups -OCH3 is 1. The SMILES string of the molecule is COCCN(Cc1ccccc1)C(=O)C(=O)c1c(C)[nH]c2ccccc12. The maximum absolute atomic E-state index is 13.0. The summed E-state index contributed by atoms with van der Waals surface area (Å²) in [5.41, 5.74) is 2.98. The first-order valence-corrected chi connectivity index (χ1v) is 8.55. The number of nitrogens with one attached hydrogen (secondary N) is 1. The van der Waals surface area contributed by atoms with Gasteiger partial charge in [-0.05, 0) is 18.6 Å². The summed E-state index contributed by atoms with van der Waals surface area (Å²) >= 11 is 0. The highest BCUT2D eigenvalue weighted by atomic mass is 16.5. The Bertz CT molecular complexity index is 915. The standard InChI is InChI=1S/C21H22N2O3/c1-15-19(17-10-6-7-11-18(17)22-15)20(24)21(25)23(12-13-26-2)14-16-8-4-3-5-9-16/h3-11,22H,12-14H2,1-2H3. The fourth-order valence-electron chi connectivity index (χ4n) is 3.08. The second-order valence-electron chi connectivity index (χ2n) is 6.20. The molecule has 0 fully saturated rings. The number of H-pyrrole nitrogens is 1. The van der Waals surface area contributed by atoms with Crippen LogP contribution in [0.15, 0.2) is 54.6 Å². The molecule has 0 saturated heterocycles. The number of rotatable bonds is 7. The zero-order valence-electron chi connectivity index (χ0n) is 15.0. The molecule has 1 aromatic heterocycles. The minimum Gasteiger partial charge on any atom is -0.383 e. The lowest BCUT2D eigenvalue weighted by Gasteiger charge is -2.22. The average molecular weight is 350 g/mol. The van der Waals surface area contributed by atoms with Crippen LogP contribution in [0.1, 0.15) is 21.6 Å². The molecule has 26 heavy (non-hydrogen) atoms. The van der Waals surface area contributed by atoms with Crippen LogP contribution in [-0.4, -0.2) is 41.8 Å². The van der Waals surface area contributed by atoms with Crippen LogP contribution in [0.5, 0.6) is 0 Å². The Morgan fingerprint density at radius 3 is 2.46 bits per heavy atom. The van der Waals surface area contributed by atoms with Crippen molar-refractivity contribution < 1.29 is 14.3 Å². The summed E-state index contributed by atoms with van der Waals surface area (Å²) in [6.45, 7) is 2.92. The van der Waals surface area contributed by atoms with Crippen LogP contribution >= 0.6 is 0 Å². The summed E-state index contributed by atoms with van der Waals surface area (Å²) in [5.74, 6) is -1.01. The predicted molar refractivity (Wildman–Crippen MR) is 101 cm³/mol. The van der Waals surface area contributed by atoms with E-state index in [4.69, 9.17) is 4.74 Å². The molecule has 0 unspecified atom stereocenters. The van der Waals surface area contributed by atoms with Crippen molar-refractivity contribution in [3.8, 4) is 0 Å². The topological polar surface area (TPSA) is 62.4 Å². The Hall–Kier alpha value is -2.92. The van der Waals surface area contributed by atoms with Gasteiger partial charge in [0.05, 0.1) is 12.2 Å². The molecule has 0 aliphatic rings. The second kappa shape index (κ2) is 7.97. The first-order chi connectivity index (χ1) is 12.6. The number of benzene rings is 2. The van der Waals surface area contributed by atoms with Gasteiger partial charge in [-0.1, -0.05) is 48.5 Å². The third kappa shape index (κ3) is 3.68. The molecular weight excluding hydrogens is 328 g/mol. The van der Waals surface area contributed by atoms with Gasteiger partial charge >= 0.3 is 0 Å². The fraction of sp³-hybridized carbons (Fsp3) is 0.238. The van der Waals surface area contributed by atoms with Crippen LogP contribution in [0.4, 0.5) is 0 Å². The summed E-state index contributed by atoms with van der Waals surface area (Å²) in [6, 6.07) is 17.2. The summed E-state index contributed by atoms with van der Waals surface area (Å²) in [5, 5.41) is 0.773. The van der Waals surface area contributed by atoms with Gasteiger partial charge in [0.1, 0.15) is 0 Å². The van der Waals surface area contributed by atoms with Gasteiger partial charge in [0.15, 0.2) is 0 Å². The molecule has 2 aromatic carbocycles. The molecule has 1 heterocycles. The predicted octanol–water partition coefficient (Wildman–Crippen LogP) is 3.33. The number of ether oxygens (including phenoxy) is 1. The number of amides is 1. The Morgan fingerprint density at radius 2 is 1.73 bits per heavy atom. The highest BCUT2D eigenvalue weighted by molar-refractivity contribution is 6.45. The molecule has 5 nitrogen and oxygen atoms in total. The van der Waals surface area contributed by atoms with E-state index in [0.717, 1.165) is 16.5 Å². The highest BCUT2D eigenvalue weighted by Gasteiger charge is 2.27. The number of ketones is 1. The number of hydrogen-bond donors (Lipinski definition) is 1. The van der Waals surface area contributed by atoms with Crippen LogP contribution in [0.3, 0.4) is 0 Å². The van der Waals surface area contributed by atoms with E-state index < -0.39 is 11.7 Å². The summed E-state index contributed by atoms with van der Waals surface area (Å²) in [4.78, 5) is 30.7. The minimum atomic E-state index is -0.515. The van der Waals surface area contributed by atoms with Crippen molar-refractivity contribution in [1.82, 2.24) is 9.88 Å². The smallest absolute Gasteiger partial charge is 0.295 e. The normalized spacial score (nSPS) is 10.8.